The van der Waals surface area contributed by atoms with Gasteiger partial charge in [0.2, 0.25) is 0 Å². The van der Waals surface area contributed by atoms with Gasteiger partial charge in [0.1, 0.15) is 11.6 Å². The third kappa shape index (κ3) is 8.40. The molecule has 0 saturated carbocycles. The van der Waals surface area contributed by atoms with Gasteiger partial charge in [0.25, 0.3) is 0 Å². The Kier molecular flexibility index (Phi) is 8.40. The highest BCUT2D eigenvalue weighted by Gasteiger charge is 2.16. The van der Waals surface area contributed by atoms with Crippen LogP contribution in [0.4, 0.5) is 4.39 Å². The lowest BCUT2D eigenvalue weighted by Crippen LogP contribution is -2.45. The van der Waals surface area contributed by atoms with E-state index in [1.165, 1.54) is 12.1 Å². The third-order valence-electron chi connectivity index (χ3n) is 3.40. The van der Waals surface area contributed by atoms with Gasteiger partial charge >= 0.3 is 0 Å². The number of halogens is 1. The summed E-state index contributed by atoms with van der Waals surface area (Å²) in [6.07, 6.45) is 1.86. The average molecular weight is 325 g/mol. The zero-order valence-corrected chi connectivity index (χ0v) is 14.5. The quantitative estimate of drug-likeness (QED) is 0.416. The molecule has 0 atom stereocenters. The minimum atomic E-state index is -0.253. The van der Waals surface area contributed by atoms with Gasteiger partial charge < -0.3 is 20.1 Å². The summed E-state index contributed by atoms with van der Waals surface area (Å²) in [6, 6.07) is 6.07. The molecule has 0 amide bonds. The molecule has 5 nitrogen and oxygen atoms in total. The Morgan fingerprint density at radius 3 is 2.48 bits per heavy atom. The highest BCUT2D eigenvalue weighted by Crippen LogP contribution is 2.11. The molecule has 0 aromatic heterocycles. The number of unbranched alkanes of at least 4 members (excludes halogenated alkanes) is 1. The zero-order chi connectivity index (χ0) is 17.1. The molecular weight excluding hydrogens is 297 g/mol. The van der Waals surface area contributed by atoms with E-state index in [-0.39, 0.29) is 11.4 Å². The minimum Gasteiger partial charge on any atom is -0.494 e. The smallest absolute Gasteiger partial charge is 0.191 e. The van der Waals surface area contributed by atoms with Crippen LogP contribution in [-0.2, 0) is 4.74 Å². The van der Waals surface area contributed by atoms with Gasteiger partial charge in [-0.2, -0.15) is 0 Å². The Bertz CT molecular complexity index is 475. The van der Waals surface area contributed by atoms with Crippen LogP contribution in [0.2, 0.25) is 0 Å². The molecule has 0 aliphatic rings. The molecule has 6 heteroatoms. The fourth-order valence-electron chi connectivity index (χ4n) is 1.74. The topological polar surface area (TPSA) is 54.9 Å². The van der Waals surface area contributed by atoms with E-state index in [0.29, 0.717) is 18.9 Å². The molecule has 0 bridgehead atoms. The third-order valence-corrected chi connectivity index (χ3v) is 3.40. The average Bonchev–Trinajstić information content (AvgIpc) is 2.55. The van der Waals surface area contributed by atoms with Crippen LogP contribution in [0.25, 0.3) is 0 Å². The van der Waals surface area contributed by atoms with Gasteiger partial charge in [-0.25, -0.2) is 4.39 Å². The van der Waals surface area contributed by atoms with Crippen molar-refractivity contribution >= 4 is 5.96 Å². The van der Waals surface area contributed by atoms with E-state index in [4.69, 9.17) is 9.47 Å². The molecule has 130 valence electrons. The van der Waals surface area contributed by atoms with E-state index in [9.17, 15) is 4.39 Å². The number of hydrogen-bond acceptors (Lipinski definition) is 3. The van der Waals surface area contributed by atoms with E-state index < -0.39 is 0 Å². The number of benzene rings is 1. The van der Waals surface area contributed by atoms with Crippen molar-refractivity contribution in [1.82, 2.24) is 10.6 Å². The first-order valence-corrected chi connectivity index (χ1v) is 7.85. The Morgan fingerprint density at radius 2 is 1.87 bits per heavy atom. The van der Waals surface area contributed by atoms with Gasteiger partial charge in [-0.1, -0.05) is 0 Å². The van der Waals surface area contributed by atoms with Gasteiger partial charge in [-0.3, -0.25) is 4.99 Å². The molecule has 0 unspecified atom stereocenters. The Morgan fingerprint density at radius 1 is 1.17 bits per heavy atom. The Balaban J connectivity index is 2.12. The lowest BCUT2D eigenvalue weighted by molar-refractivity contribution is 0.0268. The van der Waals surface area contributed by atoms with Gasteiger partial charge in [0.15, 0.2) is 5.96 Å². The highest BCUT2D eigenvalue weighted by molar-refractivity contribution is 5.79. The van der Waals surface area contributed by atoms with Crippen molar-refractivity contribution in [1.29, 1.82) is 0 Å². The van der Waals surface area contributed by atoms with Gasteiger partial charge in [-0.05, 0) is 51.0 Å². The van der Waals surface area contributed by atoms with Crippen LogP contribution in [0.1, 0.15) is 26.7 Å². The number of hydrogen-bond donors (Lipinski definition) is 2. The Labute approximate surface area is 138 Å². The molecule has 2 N–H and O–H groups in total. The van der Waals surface area contributed by atoms with Crippen LogP contribution in [0, 0.1) is 5.82 Å². The van der Waals surface area contributed by atoms with E-state index in [1.807, 2.05) is 13.8 Å². The minimum absolute atomic E-state index is 0.235. The highest BCUT2D eigenvalue weighted by atomic mass is 19.1. The number of guanidine groups is 1. The molecular formula is C17H28FN3O2. The summed E-state index contributed by atoms with van der Waals surface area (Å²) >= 11 is 0. The summed E-state index contributed by atoms with van der Waals surface area (Å²) in [7, 11) is 3.44. The van der Waals surface area contributed by atoms with Crippen molar-refractivity contribution in [2.45, 2.75) is 32.3 Å². The van der Waals surface area contributed by atoms with Crippen molar-refractivity contribution in [3.05, 3.63) is 30.1 Å². The first-order chi connectivity index (χ1) is 11.0. The second-order valence-corrected chi connectivity index (χ2v) is 5.83. The summed E-state index contributed by atoms with van der Waals surface area (Å²) < 4.78 is 23.7. The number of aliphatic imine (C=N–C) groups is 1. The molecule has 0 saturated heterocycles. The summed E-state index contributed by atoms with van der Waals surface area (Å²) in [6.45, 7) is 6.12. The number of ether oxygens (including phenoxy) is 2. The molecule has 0 fully saturated rings. The Hall–Kier alpha value is -1.82. The van der Waals surface area contributed by atoms with Gasteiger partial charge in [-0.15, -0.1) is 0 Å². The number of methoxy groups -OCH3 is 1. The van der Waals surface area contributed by atoms with Crippen LogP contribution < -0.4 is 15.4 Å². The number of nitrogens with zero attached hydrogens (tertiary/aromatic N) is 1. The lowest BCUT2D eigenvalue weighted by atomic mass is 10.1. The predicted molar refractivity (Wildman–Crippen MR) is 91.6 cm³/mol. The van der Waals surface area contributed by atoms with Crippen molar-refractivity contribution in [3.63, 3.8) is 0 Å². The van der Waals surface area contributed by atoms with E-state index >= 15 is 0 Å². The predicted octanol–water partition coefficient (Wildman–Crippen LogP) is 2.57. The standard InChI is InChI=1S/C17H28FN3O2/c1-17(2,22-4)13-21-16(19-3)20-11-5-6-12-23-15-9-7-14(18)8-10-15/h7-10H,5-6,11-13H2,1-4H3,(H2,19,20,21). The van der Waals surface area contributed by atoms with Gasteiger partial charge in [0.05, 0.1) is 12.2 Å². The SMILES string of the molecule is CN=C(NCCCCOc1ccc(F)cc1)NCC(C)(C)OC. The molecule has 1 aromatic carbocycles. The van der Waals surface area contributed by atoms with Crippen LogP contribution >= 0.6 is 0 Å². The normalized spacial score (nSPS) is 12.1. The van der Waals surface area contributed by atoms with Crippen LogP contribution in [0.3, 0.4) is 0 Å². The van der Waals surface area contributed by atoms with Crippen molar-refractivity contribution in [2.24, 2.45) is 4.99 Å². The molecule has 0 radical (unpaired) electrons. The molecule has 1 aromatic rings. The summed E-state index contributed by atoms with van der Waals surface area (Å²) in [5.41, 5.74) is -0.235. The zero-order valence-electron chi connectivity index (χ0n) is 14.5. The van der Waals surface area contributed by atoms with E-state index in [2.05, 4.69) is 15.6 Å². The van der Waals surface area contributed by atoms with Crippen molar-refractivity contribution in [2.75, 3.05) is 33.9 Å². The van der Waals surface area contributed by atoms with Gasteiger partial charge in [0, 0.05) is 27.2 Å². The van der Waals surface area contributed by atoms with Crippen molar-refractivity contribution in [3.8, 4) is 5.75 Å². The first kappa shape index (κ1) is 19.2. The molecule has 0 heterocycles. The molecule has 23 heavy (non-hydrogen) atoms. The first-order valence-electron chi connectivity index (χ1n) is 7.85. The monoisotopic (exact) mass is 325 g/mol. The molecule has 0 aliphatic carbocycles. The summed E-state index contributed by atoms with van der Waals surface area (Å²) in [4.78, 5) is 4.17. The van der Waals surface area contributed by atoms with E-state index in [1.54, 1.807) is 26.3 Å². The van der Waals surface area contributed by atoms with Crippen molar-refractivity contribution < 1.29 is 13.9 Å². The maximum atomic E-state index is 12.8. The van der Waals surface area contributed by atoms with Crippen LogP contribution in [-0.4, -0.2) is 45.4 Å². The lowest BCUT2D eigenvalue weighted by Gasteiger charge is -2.24. The number of rotatable bonds is 9. The second-order valence-electron chi connectivity index (χ2n) is 5.83. The summed E-state index contributed by atoms with van der Waals surface area (Å²) in [5, 5.41) is 6.48. The van der Waals surface area contributed by atoms with Crippen LogP contribution in [0.5, 0.6) is 5.75 Å². The fourth-order valence-corrected chi connectivity index (χ4v) is 1.74. The van der Waals surface area contributed by atoms with E-state index in [0.717, 1.165) is 25.3 Å². The number of nitrogens with one attached hydrogen (secondary N) is 2. The molecule has 0 aliphatic heterocycles. The summed E-state index contributed by atoms with van der Waals surface area (Å²) in [5.74, 6) is 1.20. The van der Waals surface area contributed by atoms with Crippen LogP contribution in [0.15, 0.2) is 29.3 Å². The maximum absolute atomic E-state index is 12.8. The fraction of sp³-hybridized carbons (Fsp3) is 0.588. The molecule has 1 rings (SSSR count). The largest absolute Gasteiger partial charge is 0.494 e. The molecule has 0 spiro atoms. The second kappa shape index (κ2) is 10.0. The maximum Gasteiger partial charge on any atom is 0.191 e.